The normalized spacial score (nSPS) is 19.5. The summed E-state index contributed by atoms with van der Waals surface area (Å²) >= 11 is 10.9. The number of hydrogen-bond donors (Lipinski definition) is 7. The lowest BCUT2D eigenvalue weighted by molar-refractivity contribution is -0.150. The lowest BCUT2D eigenvalue weighted by Gasteiger charge is -2.49. The highest BCUT2D eigenvalue weighted by Gasteiger charge is 2.54. The Hall–Kier alpha value is -3.19. The van der Waals surface area contributed by atoms with E-state index < -0.39 is 34.9 Å². The number of aliphatic carboxylic acids is 1. The van der Waals surface area contributed by atoms with Crippen molar-refractivity contribution < 1.29 is 24.7 Å². The molecule has 1 saturated heterocycles. The molecular formula is C21H22ClN9O5S4. The maximum absolute atomic E-state index is 13.1. The number of thiazole rings is 1. The number of aromatic nitrogens is 2. The van der Waals surface area contributed by atoms with Gasteiger partial charge < -0.3 is 32.4 Å². The molecule has 14 nitrogen and oxygen atoms in total. The molecule has 0 aromatic carbocycles. The summed E-state index contributed by atoms with van der Waals surface area (Å²) < 4.78 is 0.0324. The van der Waals surface area contributed by atoms with Crippen molar-refractivity contribution in [2.75, 3.05) is 17.2 Å². The Balaban J connectivity index is 1.50. The minimum absolute atomic E-state index is 0.0324. The molecular weight excluding hydrogens is 622 g/mol. The molecule has 2 amide bonds. The third-order valence-electron chi connectivity index (χ3n) is 5.43. The van der Waals surface area contributed by atoms with Gasteiger partial charge in [-0.3, -0.25) is 24.9 Å². The predicted molar refractivity (Wildman–Crippen MR) is 155 cm³/mol. The number of β-lactam (4-membered cyclic amide) rings is 1. The maximum Gasteiger partial charge on any atom is 0.353 e. The van der Waals surface area contributed by atoms with Gasteiger partial charge in [-0.1, -0.05) is 39.9 Å². The highest BCUT2D eigenvalue weighted by atomic mass is 35.5. The average Bonchev–Trinajstić information content (AvgIpc) is 3.23. The van der Waals surface area contributed by atoms with E-state index in [0.29, 0.717) is 10.7 Å². The first kappa shape index (κ1) is 29.8. The molecule has 2 aliphatic rings. The van der Waals surface area contributed by atoms with E-state index in [4.69, 9.17) is 28.5 Å². The number of nitrogen functional groups attached to an aromatic ring is 1. The number of carboxylic acids is 1. The molecule has 0 saturated carbocycles. The number of nitrogens with two attached hydrogens (primary N) is 2. The number of hydrogen-bond acceptors (Lipinski definition) is 13. The van der Waals surface area contributed by atoms with Crippen molar-refractivity contribution in [1.82, 2.24) is 25.5 Å². The van der Waals surface area contributed by atoms with Crippen LogP contribution in [0.2, 0.25) is 4.34 Å². The average molecular weight is 644 g/mol. The summed E-state index contributed by atoms with van der Waals surface area (Å²) in [7, 11) is 0. The fourth-order valence-electron chi connectivity index (χ4n) is 3.76. The number of oxime groups is 1. The van der Waals surface area contributed by atoms with Crippen LogP contribution < -0.4 is 22.1 Å². The smallest absolute Gasteiger partial charge is 0.353 e. The summed E-state index contributed by atoms with van der Waals surface area (Å²) in [5, 5.41) is 34.4. The Kier molecular flexibility index (Phi) is 9.34. The van der Waals surface area contributed by atoms with E-state index in [9.17, 15) is 24.7 Å². The zero-order valence-electron chi connectivity index (χ0n) is 20.5. The van der Waals surface area contributed by atoms with Crippen LogP contribution in [-0.4, -0.2) is 83.6 Å². The predicted octanol–water partition coefficient (Wildman–Crippen LogP) is 1.40. The van der Waals surface area contributed by atoms with E-state index in [1.807, 2.05) is 6.92 Å². The summed E-state index contributed by atoms with van der Waals surface area (Å²) in [6.07, 6.45) is 3.25. The number of rotatable bonds is 10. The Morgan fingerprint density at radius 2 is 2.17 bits per heavy atom. The summed E-state index contributed by atoms with van der Waals surface area (Å²) in [4.78, 5) is 49.4. The summed E-state index contributed by atoms with van der Waals surface area (Å²) in [5.41, 5.74) is 10.2. The quantitative estimate of drug-likeness (QED) is 0.0485. The molecule has 2 aromatic heterocycles. The van der Waals surface area contributed by atoms with Crippen LogP contribution in [-0.2, 0) is 14.4 Å². The number of halogens is 1. The molecule has 4 heterocycles. The summed E-state index contributed by atoms with van der Waals surface area (Å²) in [5.74, 6) is -2.13. The standard InChI is InChI=1S/C21H22ClN9O5S4/c1-7(27-20(23)24)5-37-9-4-26-3-2-8(9)39-10-6-38-18-13(17(33)31(18)14(10)19(34)35)28-16(32)12(30-36)11-15(22)40-21(25)29-11/h2-4,7,13,18,36H,5-6H2,1H3,(H2,25,29)(H,28,32)(H,34,35)(H4,23,24,27)/b30-12-/t7?,13-,18+/m1/s1. The van der Waals surface area contributed by atoms with Gasteiger partial charge in [-0.05, 0) is 13.0 Å². The van der Waals surface area contributed by atoms with E-state index in [1.165, 1.54) is 35.3 Å². The van der Waals surface area contributed by atoms with Crippen molar-refractivity contribution in [3.05, 3.63) is 39.1 Å². The van der Waals surface area contributed by atoms with Gasteiger partial charge in [-0.15, -0.1) is 23.5 Å². The van der Waals surface area contributed by atoms with Crippen molar-refractivity contribution in [3.63, 3.8) is 0 Å². The van der Waals surface area contributed by atoms with Crippen LogP contribution >= 0.6 is 58.2 Å². The lowest BCUT2D eigenvalue weighted by atomic mass is 10.0. The maximum atomic E-state index is 13.1. The fraction of sp³-hybridized carbons (Fsp3) is 0.286. The zero-order valence-corrected chi connectivity index (χ0v) is 24.5. The molecule has 3 atom stereocenters. The van der Waals surface area contributed by atoms with Crippen molar-refractivity contribution in [1.29, 1.82) is 5.41 Å². The van der Waals surface area contributed by atoms with E-state index in [-0.39, 0.29) is 38.6 Å². The topological polar surface area (TPSA) is 233 Å². The van der Waals surface area contributed by atoms with Gasteiger partial charge >= 0.3 is 5.97 Å². The van der Waals surface area contributed by atoms with Crippen molar-refractivity contribution in [3.8, 4) is 0 Å². The molecule has 0 aliphatic carbocycles. The Morgan fingerprint density at radius 1 is 1.43 bits per heavy atom. The molecule has 2 aromatic rings. The van der Waals surface area contributed by atoms with Crippen molar-refractivity contribution >= 4 is 92.8 Å². The number of nitrogens with one attached hydrogen (secondary N) is 3. The van der Waals surface area contributed by atoms with Gasteiger partial charge in [0.25, 0.3) is 11.8 Å². The molecule has 9 N–H and O–H groups in total. The van der Waals surface area contributed by atoms with E-state index in [0.717, 1.165) is 26.0 Å². The third-order valence-corrected chi connectivity index (χ3v) is 10.6. The number of thioether (sulfide) groups is 3. The fourth-order valence-corrected chi connectivity index (χ4v) is 8.31. The molecule has 40 heavy (non-hydrogen) atoms. The number of carboxylic acid groups (broad SMARTS) is 1. The summed E-state index contributed by atoms with van der Waals surface area (Å²) in [6, 6.07) is 0.602. The van der Waals surface area contributed by atoms with Gasteiger partial charge in [0.2, 0.25) is 0 Å². The Labute approximate surface area is 248 Å². The molecule has 4 rings (SSSR count). The highest BCUT2D eigenvalue weighted by molar-refractivity contribution is 8.07. The highest BCUT2D eigenvalue weighted by Crippen LogP contribution is 2.46. The largest absolute Gasteiger partial charge is 0.477 e. The van der Waals surface area contributed by atoms with E-state index in [1.54, 1.807) is 18.5 Å². The van der Waals surface area contributed by atoms with Crippen molar-refractivity contribution in [2.24, 2.45) is 10.9 Å². The number of fused-ring (bicyclic) bond motifs is 1. The van der Waals surface area contributed by atoms with Crippen molar-refractivity contribution in [2.45, 2.75) is 34.2 Å². The van der Waals surface area contributed by atoms with Crippen LogP contribution in [0.25, 0.3) is 0 Å². The monoisotopic (exact) mass is 643 g/mol. The van der Waals surface area contributed by atoms with Gasteiger partial charge in [-0.2, -0.15) is 0 Å². The molecule has 2 aliphatic heterocycles. The van der Waals surface area contributed by atoms with Gasteiger partial charge in [0.05, 0.1) is 0 Å². The zero-order chi connectivity index (χ0) is 29.1. The minimum atomic E-state index is -1.28. The third kappa shape index (κ3) is 6.25. The Bertz CT molecular complexity index is 1430. The van der Waals surface area contributed by atoms with Gasteiger partial charge in [0.1, 0.15) is 27.1 Å². The molecule has 0 radical (unpaired) electrons. The van der Waals surface area contributed by atoms with E-state index >= 15 is 0 Å². The van der Waals surface area contributed by atoms with Crippen LogP contribution in [0.15, 0.2) is 44.0 Å². The molecule has 0 spiro atoms. The molecule has 1 unspecified atom stereocenters. The molecule has 1 fully saturated rings. The number of carbonyl (C=O) groups is 3. The van der Waals surface area contributed by atoms with Gasteiger partial charge in [-0.25, -0.2) is 9.78 Å². The Morgan fingerprint density at radius 3 is 2.80 bits per heavy atom. The number of pyridine rings is 1. The number of nitrogens with zero attached hydrogens (tertiary/aromatic N) is 4. The van der Waals surface area contributed by atoms with E-state index in [2.05, 4.69) is 25.8 Å². The second kappa shape index (κ2) is 12.5. The van der Waals surface area contributed by atoms with Crippen LogP contribution in [0.5, 0.6) is 0 Å². The van der Waals surface area contributed by atoms with Crippen LogP contribution in [0.1, 0.15) is 12.6 Å². The number of carbonyl (C=O) groups excluding carboxylic acids is 2. The second-order valence-electron chi connectivity index (χ2n) is 8.26. The first-order valence-corrected chi connectivity index (χ1v) is 15.3. The molecule has 0 bridgehead atoms. The first-order chi connectivity index (χ1) is 19.0. The molecule has 19 heteroatoms. The number of amides is 2. The number of anilines is 1. The van der Waals surface area contributed by atoms with Gasteiger partial charge in [0, 0.05) is 44.6 Å². The second-order valence-corrected chi connectivity index (χ2v) is 13.2. The lowest BCUT2D eigenvalue weighted by Crippen LogP contribution is -2.71. The van der Waals surface area contributed by atoms with Crippen LogP contribution in [0.3, 0.4) is 0 Å². The van der Waals surface area contributed by atoms with Gasteiger partial charge in [0.15, 0.2) is 16.8 Å². The summed E-state index contributed by atoms with van der Waals surface area (Å²) in [6.45, 7) is 1.88. The first-order valence-electron chi connectivity index (χ1n) is 11.2. The SMILES string of the molecule is CC(CSc1cnccc1SC1=C(C(=O)O)N2C(=O)[C@@H](NC(=O)/C(=N\O)c3nc(N)sc3Cl)[C@@H]2SC1)NC(=N)N. The van der Waals surface area contributed by atoms with Crippen LogP contribution in [0.4, 0.5) is 5.13 Å². The molecule has 212 valence electrons. The van der Waals surface area contributed by atoms with Crippen LogP contribution in [0, 0.1) is 5.41 Å². The minimum Gasteiger partial charge on any atom is -0.477 e. The number of guanidine groups is 1.